The number of nitrogens with one attached hydrogen (secondary N) is 1. The van der Waals surface area contributed by atoms with Crippen LogP contribution >= 0.6 is 22.9 Å². The van der Waals surface area contributed by atoms with Crippen molar-refractivity contribution in [2.45, 2.75) is 13.0 Å². The number of rotatable bonds is 4. The van der Waals surface area contributed by atoms with Gasteiger partial charge in [0.2, 0.25) is 5.91 Å². The van der Waals surface area contributed by atoms with E-state index in [0.29, 0.717) is 18.0 Å². The van der Waals surface area contributed by atoms with E-state index in [1.54, 1.807) is 12.1 Å². The van der Waals surface area contributed by atoms with Gasteiger partial charge in [0.15, 0.2) is 0 Å². The number of hydrogen-bond acceptors (Lipinski definition) is 3. The van der Waals surface area contributed by atoms with Gasteiger partial charge in [0.25, 0.3) is 0 Å². The Kier molecular flexibility index (Phi) is 5.82. The van der Waals surface area contributed by atoms with Crippen molar-refractivity contribution in [2.75, 3.05) is 6.61 Å². The van der Waals surface area contributed by atoms with Gasteiger partial charge in [-0.3, -0.25) is 4.79 Å². The van der Waals surface area contributed by atoms with Gasteiger partial charge in [-0.2, -0.15) is 0 Å². The highest BCUT2D eigenvalue weighted by atomic mass is 35.5. The third kappa shape index (κ3) is 5.24. The summed E-state index contributed by atoms with van der Waals surface area (Å²) in [6.07, 6.45) is 0.309. The summed E-state index contributed by atoms with van der Waals surface area (Å²) < 4.78 is 0. The number of benzene rings is 1. The standard InChI is InChI=1S/C16H14ClNO2S/c17-13-4-1-3-12(9-13)10-16(20)18-11-15-7-6-14(21-15)5-2-8-19/h1,3-4,6-7,9,19H,8,10-11H2,(H,18,20). The molecule has 1 amide bonds. The number of carbonyl (C=O) groups is 1. The third-order valence-corrected chi connectivity index (χ3v) is 3.90. The molecule has 3 nitrogen and oxygen atoms in total. The Bertz CT molecular complexity index is 685. The summed E-state index contributed by atoms with van der Waals surface area (Å²) >= 11 is 7.39. The van der Waals surface area contributed by atoms with E-state index in [4.69, 9.17) is 16.7 Å². The van der Waals surface area contributed by atoms with Gasteiger partial charge in [-0.25, -0.2) is 0 Å². The Morgan fingerprint density at radius 1 is 1.33 bits per heavy atom. The van der Waals surface area contributed by atoms with E-state index >= 15 is 0 Å². The Balaban J connectivity index is 1.85. The van der Waals surface area contributed by atoms with Gasteiger partial charge < -0.3 is 10.4 Å². The molecule has 2 rings (SSSR count). The van der Waals surface area contributed by atoms with Crippen LogP contribution < -0.4 is 5.32 Å². The lowest BCUT2D eigenvalue weighted by Crippen LogP contribution is -2.24. The molecule has 1 aromatic carbocycles. The van der Waals surface area contributed by atoms with Crippen molar-refractivity contribution in [3.63, 3.8) is 0 Å². The number of hydrogen-bond donors (Lipinski definition) is 2. The summed E-state index contributed by atoms with van der Waals surface area (Å²) in [6, 6.07) is 11.1. The van der Waals surface area contributed by atoms with E-state index in [1.165, 1.54) is 11.3 Å². The first-order chi connectivity index (χ1) is 10.2. The summed E-state index contributed by atoms with van der Waals surface area (Å²) in [5.74, 6) is 5.39. The van der Waals surface area contributed by atoms with Crippen LogP contribution in [0.25, 0.3) is 0 Å². The van der Waals surface area contributed by atoms with E-state index in [1.807, 2.05) is 24.3 Å². The van der Waals surface area contributed by atoms with Gasteiger partial charge >= 0.3 is 0 Å². The molecule has 1 heterocycles. The minimum Gasteiger partial charge on any atom is -0.384 e. The highest BCUT2D eigenvalue weighted by molar-refractivity contribution is 7.12. The van der Waals surface area contributed by atoms with Gasteiger partial charge in [0.05, 0.1) is 17.8 Å². The van der Waals surface area contributed by atoms with Crippen molar-refractivity contribution in [3.05, 3.63) is 56.7 Å². The summed E-state index contributed by atoms with van der Waals surface area (Å²) in [6.45, 7) is 0.328. The molecule has 0 atom stereocenters. The Hall–Kier alpha value is -1.80. The number of halogens is 1. The van der Waals surface area contributed by atoms with Crippen molar-refractivity contribution < 1.29 is 9.90 Å². The SMILES string of the molecule is O=C(Cc1cccc(Cl)c1)NCc1ccc(C#CCO)s1. The maximum absolute atomic E-state index is 11.9. The van der Waals surface area contributed by atoms with Gasteiger partial charge in [-0.1, -0.05) is 35.6 Å². The van der Waals surface area contributed by atoms with E-state index in [9.17, 15) is 4.79 Å². The molecule has 1 aromatic heterocycles. The number of carbonyl (C=O) groups excluding carboxylic acids is 1. The molecule has 2 aromatic rings. The predicted molar refractivity (Wildman–Crippen MR) is 85.3 cm³/mol. The highest BCUT2D eigenvalue weighted by Gasteiger charge is 2.05. The van der Waals surface area contributed by atoms with Crippen molar-refractivity contribution in [2.24, 2.45) is 0 Å². The van der Waals surface area contributed by atoms with Crippen LogP contribution in [0.15, 0.2) is 36.4 Å². The van der Waals surface area contributed by atoms with Crippen LogP contribution in [0.1, 0.15) is 15.3 Å². The van der Waals surface area contributed by atoms with Gasteiger partial charge in [0.1, 0.15) is 6.61 Å². The molecule has 5 heteroatoms. The fourth-order valence-corrected chi connectivity index (χ4v) is 2.78. The lowest BCUT2D eigenvalue weighted by Gasteiger charge is -2.04. The van der Waals surface area contributed by atoms with Crippen LogP contribution in [-0.4, -0.2) is 17.6 Å². The third-order valence-electron chi connectivity index (χ3n) is 2.67. The highest BCUT2D eigenvalue weighted by Crippen LogP contribution is 2.15. The molecule has 0 spiro atoms. The maximum Gasteiger partial charge on any atom is 0.224 e. The number of aliphatic hydroxyl groups excluding tert-OH is 1. The molecule has 0 aliphatic heterocycles. The van der Waals surface area contributed by atoms with Gasteiger partial charge in [-0.05, 0) is 29.8 Å². The predicted octanol–water partition coefficient (Wildman–Crippen LogP) is 2.60. The molecule has 21 heavy (non-hydrogen) atoms. The lowest BCUT2D eigenvalue weighted by atomic mass is 10.1. The zero-order valence-corrected chi connectivity index (χ0v) is 12.8. The molecule has 0 fully saturated rings. The number of amides is 1. The van der Waals surface area contributed by atoms with Crippen molar-refractivity contribution in [3.8, 4) is 11.8 Å². The van der Waals surface area contributed by atoms with Crippen LogP contribution in [0.3, 0.4) is 0 Å². The minimum atomic E-state index is -0.149. The summed E-state index contributed by atoms with van der Waals surface area (Å²) in [7, 11) is 0. The monoisotopic (exact) mass is 319 g/mol. The van der Waals surface area contributed by atoms with Crippen molar-refractivity contribution >= 4 is 28.8 Å². The first-order valence-electron chi connectivity index (χ1n) is 6.37. The number of aliphatic hydroxyl groups is 1. The molecule has 0 saturated carbocycles. The van der Waals surface area contributed by atoms with E-state index in [0.717, 1.165) is 15.3 Å². The van der Waals surface area contributed by atoms with E-state index in [-0.39, 0.29) is 12.5 Å². The number of thiophene rings is 1. The van der Waals surface area contributed by atoms with Crippen LogP contribution in [0.5, 0.6) is 0 Å². The second-order valence-corrected chi connectivity index (χ2v) is 5.91. The lowest BCUT2D eigenvalue weighted by molar-refractivity contribution is -0.120. The molecule has 0 bridgehead atoms. The summed E-state index contributed by atoms with van der Waals surface area (Å²) in [5, 5.41) is 12.1. The molecule has 108 valence electrons. The smallest absolute Gasteiger partial charge is 0.224 e. The minimum absolute atomic E-state index is 0.0475. The van der Waals surface area contributed by atoms with E-state index in [2.05, 4.69) is 17.2 Å². The molecule has 0 unspecified atom stereocenters. The molecule has 0 radical (unpaired) electrons. The molecular weight excluding hydrogens is 306 g/mol. The Morgan fingerprint density at radius 2 is 2.19 bits per heavy atom. The topological polar surface area (TPSA) is 49.3 Å². The normalized spacial score (nSPS) is 9.81. The van der Waals surface area contributed by atoms with Gasteiger partial charge in [-0.15, -0.1) is 11.3 Å². The second-order valence-electron chi connectivity index (χ2n) is 4.31. The second kappa shape index (κ2) is 7.84. The average molecular weight is 320 g/mol. The molecule has 0 saturated heterocycles. The quantitative estimate of drug-likeness (QED) is 0.851. The fourth-order valence-electron chi connectivity index (χ4n) is 1.75. The first kappa shape index (κ1) is 15.6. The maximum atomic E-state index is 11.9. The molecular formula is C16H14ClNO2S. The molecule has 2 N–H and O–H groups in total. The van der Waals surface area contributed by atoms with Crippen molar-refractivity contribution in [1.82, 2.24) is 5.32 Å². The van der Waals surface area contributed by atoms with Crippen LogP contribution in [-0.2, 0) is 17.8 Å². The zero-order valence-electron chi connectivity index (χ0n) is 11.2. The molecule has 0 aliphatic rings. The Labute approximate surface area is 132 Å². The van der Waals surface area contributed by atoms with Gasteiger partial charge in [0, 0.05) is 9.90 Å². The average Bonchev–Trinajstić information content (AvgIpc) is 2.91. The Morgan fingerprint density at radius 3 is 2.95 bits per heavy atom. The zero-order chi connectivity index (χ0) is 15.1. The largest absolute Gasteiger partial charge is 0.384 e. The van der Waals surface area contributed by atoms with Crippen LogP contribution in [0.2, 0.25) is 5.02 Å². The van der Waals surface area contributed by atoms with E-state index < -0.39 is 0 Å². The fraction of sp³-hybridized carbons (Fsp3) is 0.188. The van der Waals surface area contributed by atoms with Crippen LogP contribution in [0.4, 0.5) is 0 Å². The van der Waals surface area contributed by atoms with Crippen molar-refractivity contribution in [1.29, 1.82) is 0 Å². The first-order valence-corrected chi connectivity index (χ1v) is 7.56. The summed E-state index contributed by atoms with van der Waals surface area (Å²) in [4.78, 5) is 13.8. The summed E-state index contributed by atoms with van der Waals surface area (Å²) in [5.41, 5.74) is 0.890. The van der Waals surface area contributed by atoms with Crippen LogP contribution in [0, 0.1) is 11.8 Å². The molecule has 0 aliphatic carbocycles.